The van der Waals surface area contributed by atoms with Crippen molar-refractivity contribution in [2.24, 2.45) is 11.8 Å². The van der Waals surface area contributed by atoms with Crippen LogP contribution in [0, 0.1) is 24.6 Å². The van der Waals surface area contributed by atoms with Crippen LogP contribution in [0.3, 0.4) is 0 Å². The van der Waals surface area contributed by atoms with Crippen molar-refractivity contribution >= 4 is 10.3 Å². The Labute approximate surface area is 166 Å². The van der Waals surface area contributed by atoms with Crippen LogP contribution in [0.5, 0.6) is 0 Å². The molecule has 2 atom stereocenters. The summed E-state index contributed by atoms with van der Waals surface area (Å²) in [6, 6.07) is 5.95. The third-order valence-electron chi connectivity index (χ3n) is 5.09. The number of hydrogen-bond acceptors (Lipinski definition) is 3. The van der Waals surface area contributed by atoms with Gasteiger partial charge in [-0.15, -0.1) is 0 Å². The number of hydrogen-bond donors (Lipinski definition) is 0. The molecule has 1 heterocycles. The van der Waals surface area contributed by atoms with Gasteiger partial charge in [0, 0.05) is 0 Å². The Hall–Kier alpha value is -2.11. The molecule has 0 spiro atoms. The molecule has 0 saturated heterocycles. The number of benzene rings is 1. The second kappa shape index (κ2) is 8.28. The molecule has 2 aromatic rings. The van der Waals surface area contributed by atoms with Gasteiger partial charge >= 0.3 is 144 Å². The van der Waals surface area contributed by atoms with Crippen molar-refractivity contribution in [2.75, 3.05) is 13.6 Å². The van der Waals surface area contributed by atoms with Gasteiger partial charge in [-0.05, 0) is 12.1 Å². The van der Waals surface area contributed by atoms with Crippen molar-refractivity contribution in [3.63, 3.8) is 0 Å². The molecule has 1 aliphatic carbocycles. The molecule has 0 N–H and O–H groups in total. The zero-order chi connectivity index (χ0) is 19.6. The normalized spacial score (nSPS) is 19.8. The second-order valence-electron chi connectivity index (χ2n) is 7.05. The van der Waals surface area contributed by atoms with Crippen molar-refractivity contribution in [2.45, 2.75) is 26.7 Å². The number of aromatic nitrogens is 3. The fourth-order valence-electron chi connectivity index (χ4n) is 3.30. The van der Waals surface area contributed by atoms with E-state index in [1.54, 1.807) is 35.7 Å². The molecular formula is C20H23FFeN4O. The van der Waals surface area contributed by atoms with Crippen LogP contribution in [-0.2, 0) is 15.6 Å². The fraction of sp³-hybridized carbons (Fsp3) is 0.400. The first-order chi connectivity index (χ1) is 12.9. The van der Waals surface area contributed by atoms with E-state index in [-0.39, 0.29) is 11.7 Å². The zero-order valence-electron chi connectivity index (χ0n) is 15.7. The van der Waals surface area contributed by atoms with Gasteiger partial charge in [-0.3, -0.25) is 0 Å². The van der Waals surface area contributed by atoms with Crippen LogP contribution in [0.15, 0.2) is 36.4 Å². The Kier molecular flexibility index (Phi) is 6.02. The average Bonchev–Trinajstić information content (AvgIpc) is 2.96. The minimum absolute atomic E-state index is 0.153. The number of allylic oxidation sites excluding steroid dienone is 2. The molecule has 1 amide bonds. The molecule has 1 unspecified atom stereocenters. The Morgan fingerprint density at radius 3 is 2.78 bits per heavy atom. The van der Waals surface area contributed by atoms with Crippen molar-refractivity contribution in [1.82, 2.24) is 19.9 Å². The SMILES string of the molecule is Cc1c(C(=O)N(C)C[C@@H]2CC[C](=[Fe])C=CC2C)nnn1-c1ccc(F)cc1. The second-order valence-corrected chi connectivity index (χ2v) is 7.75. The summed E-state index contributed by atoms with van der Waals surface area (Å²) in [6.45, 7) is 4.63. The number of halogens is 1. The van der Waals surface area contributed by atoms with E-state index in [0.29, 0.717) is 35.5 Å². The fourth-order valence-corrected chi connectivity index (χ4v) is 3.57. The maximum absolute atomic E-state index is 13.1. The average molecular weight is 410 g/mol. The van der Waals surface area contributed by atoms with Gasteiger partial charge in [0.25, 0.3) is 0 Å². The summed E-state index contributed by atoms with van der Waals surface area (Å²) in [5.41, 5.74) is 1.63. The van der Waals surface area contributed by atoms with E-state index in [4.69, 9.17) is 0 Å². The van der Waals surface area contributed by atoms with E-state index in [0.717, 1.165) is 17.3 Å². The first kappa shape index (κ1) is 19.6. The van der Waals surface area contributed by atoms with E-state index in [1.807, 2.05) is 0 Å². The van der Waals surface area contributed by atoms with Crippen molar-refractivity contribution < 1.29 is 24.8 Å². The molecule has 0 aliphatic heterocycles. The summed E-state index contributed by atoms with van der Waals surface area (Å²) >= 11 is 4.04. The number of nitrogens with zero attached hydrogens (tertiary/aromatic N) is 4. The minimum Gasteiger partial charge on any atom is -0.207 e. The number of carbonyl (C=O) groups excluding carboxylic acids is 1. The Morgan fingerprint density at radius 2 is 2.07 bits per heavy atom. The quantitative estimate of drug-likeness (QED) is 0.728. The molecule has 0 bridgehead atoms. The molecule has 0 saturated carbocycles. The minimum atomic E-state index is -0.318. The van der Waals surface area contributed by atoms with E-state index >= 15 is 0 Å². The molecule has 5 nitrogen and oxygen atoms in total. The summed E-state index contributed by atoms with van der Waals surface area (Å²) < 4.78 is 15.8. The topological polar surface area (TPSA) is 51.0 Å². The maximum atomic E-state index is 13.1. The summed E-state index contributed by atoms with van der Waals surface area (Å²) in [6.07, 6.45) is 6.22. The molecule has 144 valence electrons. The van der Waals surface area contributed by atoms with Gasteiger partial charge in [0.2, 0.25) is 0 Å². The van der Waals surface area contributed by atoms with Crippen molar-refractivity contribution in [3.05, 3.63) is 53.6 Å². The monoisotopic (exact) mass is 410 g/mol. The van der Waals surface area contributed by atoms with Gasteiger partial charge in [-0.1, -0.05) is 0 Å². The van der Waals surface area contributed by atoms with Crippen LogP contribution in [0.4, 0.5) is 4.39 Å². The third kappa shape index (κ3) is 4.42. The third-order valence-corrected chi connectivity index (χ3v) is 5.55. The van der Waals surface area contributed by atoms with E-state index < -0.39 is 0 Å². The predicted octanol–water partition coefficient (Wildman–Crippen LogP) is 3.11. The van der Waals surface area contributed by atoms with Crippen molar-refractivity contribution in [1.29, 1.82) is 0 Å². The molecule has 7 heteroatoms. The molecular weight excluding hydrogens is 387 g/mol. The number of amides is 1. The summed E-state index contributed by atoms with van der Waals surface area (Å²) in [4.78, 5) is 14.6. The van der Waals surface area contributed by atoms with Gasteiger partial charge in [-0.2, -0.15) is 0 Å². The van der Waals surface area contributed by atoms with Gasteiger partial charge in [0.05, 0.1) is 0 Å². The first-order valence-corrected chi connectivity index (χ1v) is 9.54. The Balaban J connectivity index is 1.75. The van der Waals surface area contributed by atoms with Gasteiger partial charge in [0.15, 0.2) is 0 Å². The summed E-state index contributed by atoms with van der Waals surface area (Å²) in [7, 11) is 1.80. The van der Waals surface area contributed by atoms with Crippen LogP contribution < -0.4 is 0 Å². The zero-order valence-corrected chi connectivity index (χ0v) is 16.8. The first-order valence-electron chi connectivity index (χ1n) is 8.99. The molecule has 1 aromatic carbocycles. The summed E-state index contributed by atoms with van der Waals surface area (Å²) in [5.74, 6) is 0.291. The smallest absolute Gasteiger partial charge is 0.207 e. The van der Waals surface area contributed by atoms with Crippen molar-refractivity contribution in [3.8, 4) is 5.69 Å². The van der Waals surface area contributed by atoms with Gasteiger partial charge in [0.1, 0.15) is 5.82 Å². The van der Waals surface area contributed by atoms with Gasteiger partial charge in [-0.25, -0.2) is 4.39 Å². The molecule has 1 aromatic heterocycles. The van der Waals surface area contributed by atoms with Crippen LogP contribution in [-0.4, -0.2) is 43.8 Å². The Morgan fingerprint density at radius 1 is 1.37 bits per heavy atom. The molecule has 3 rings (SSSR count). The van der Waals surface area contributed by atoms with E-state index in [2.05, 4.69) is 45.0 Å². The van der Waals surface area contributed by atoms with Crippen LogP contribution in [0.1, 0.15) is 35.9 Å². The molecule has 1 aliphatic rings. The number of rotatable bonds is 4. The standard InChI is InChI=1S/C20H23FN4O.Fe/c1-14-7-5-4-6-8-16(14)13-24(3)20(26)19-15(2)25(23-22-19)18-11-9-17(21)10-12-18;/h5,7,9-12,14,16H,6,8,13H2,1-3H3;/t14?,16-;/m0./s1. The molecule has 27 heavy (non-hydrogen) atoms. The molecule has 0 fully saturated rings. The molecule has 0 radical (unpaired) electrons. The van der Waals surface area contributed by atoms with E-state index in [9.17, 15) is 9.18 Å². The van der Waals surface area contributed by atoms with Crippen LogP contribution >= 0.6 is 0 Å². The van der Waals surface area contributed by atoms with Crippen LogP contribution in [0.2, 0.25) is 0 Å². The predicted molar refractivity (Wildman–Crippen MR) is 99.0 cm³/mol. The number of carbonyl (C=O) groups is 1. The van der Waals surface area contributed by atoms with E-state index in [1.165, 1.54) is 12.1 Å². The van der Waals surface area contributed by atoms with Crippen LogP contribution in [0.25, 0.3) is 5.69 Å². The summed E-state index contributed by atoms with van der Waals surface area (Å²) in [5, 5.41) is 8.16. The Bertz CT molecular complexity index is 875. The van der Waals surface area contributed by atoms with Gasteiger partial charge < -0.3 is 0 Å².